The van der Waals surface area contributed by atoms with E-state index < -0.39 is 0 Å². The third-order valence-corrected chi connectivity index (χ3v) is 5.02. The van der Waals surface area contributed by atoms with E-state index in [-0.39, 0.29) is 24.4 Å². The molecule has 0 spiro atoms. The van der Waals surface area contributed by atoms with Crippen molar-refractivity contribution in [2.45, 2.75) is 18.9 Å². The van der Waals surface area contributed by atoms with Crippen molar-refractivity contribution < 1.29 is 14.3 Å². The molecule has 1 unspecified atom stereocenters. The van der Waals surface area contributed by atoms with Gasteiger partial charge in [0.1, 0.15) is 18.1 Å². The standard InChI is InChI=1S/C23H28N2O3.ClH/c1-3-16-28-21-12-8-19(9-13-21)23(26)24-17-22(25-14-4-5-15-25)18-6-10-20(27-2)11-7-18;/h3,6-13,22H,1,4-5,14-17H2,2H3,(H,24,26);1H. The van der Waals surface area contributed by atoms with Crippen LogP contribution in [-0.4, -0.2) is 44.2 Å². The van der Waals surface area contributed by atoms with Crippen molar-refractivity contribution in [2.24, 2.45) is 0 Å². The predicted octanol–water partition coefficient (Wildman–Crippen LogP) is 4.25. The molecule has 156 valence electrons. The first kappa shape index (κ1) is 22.8. The normalized spacial score (nSPS) is 14.5. The fraction of sp³-hybridized carbons (Fsp3) is 0.348. The number of hydrogen-bond donors (Lipinski definition) is 1. The molecule has 1 atom stereocenters. The number of hydrogen-bond acceptors (Lipinski definition) is 4. The maximum Gasteiger partial charge on any atom is 0.251 e. The number of carbonyl (C=O) groups excluding carboxylic acids is 1. The van der Waals surface area contributed by atoms with E-state index in [4.69, 9.17) is 9.47 Å². The summed E-state index contributed by atoms with van der Waals surface area (Å²) in [6.07, 6.45) is 4.10. The molecule has 2 aromatic rings. The monoisotopic (exact) mass is 416 g/mol. The van der Waals surface area contributed by atoms with Crippen molar-refractivity contribution in [3.8, 4) is 11.5 Å². The third kappa shape index (κ3) is 6.24. The van der Waals surface area contributed by atoms with Crippen LogP contribution in [-0.2, 0) is 0 Å². The van der Waals surface area contributed by atoms with Crippen molar-refractivity contribution in [1.29, 1.82) is 0 Å². The van der Waals surface area contributed by atoms with E-state index in [1.165, 1.54) is 18.4 Å². The zero-order valence-electron chi connectivity index (χ0n) is 16.8. The van der Waals surface area contributed by atoms with E-state index >= 15 is 0 Å². The summed E-state index contributed by atoms with van der Waals surface area (Å²) in [5.74, 6) is 1.49. The Labute approximate surface area is 179 Å². The summed E-state index contributed by atoms with van der Waals surface area (Å²) in [4.78, 5) is 15.1. The molecule has 0 saturated carbocycles. The van der Waals surface area contributed by atoms with Gasteiger partial charge in [0.05, 0.1) is 13.2 Å². The summed E-state index contributed by atoms with van der Waals surface area (Å²) < 4.78 is 10.7. The van der Waals surface area contributed by atoms with Gasteiger partial charge in [-0.2, -0.15) is 0 Å². The Kier molecular flexibility index (Phi) is 9.03. The molecule has 29 heavy (non-hydrogen) atoms. The molecule has 0 aromatic heterocycles. The molecule has 3 rings (SSSR count). The predicted molar refractivity (Wildman–Crippen MR) is 118 cm³/mol. The average molecular weight is 417 g/mol. The van der Waals surface area contributed by atoms with Crippen molar-refractivity contribution in [3.63, 3.8) is 0 Å². The van der Waals surface area contributed by atoms with E-state index in [0.29, 0.717) is 18.7 Å². The van der Waals surface area contributed by atoms with Crippen LogP contribution in [0.1, 0.15) is 34.8 Å². The van der Waals surface area contributed by atoms with Crippen LogP contribution in [0.4, 0.5) is 0 Å². The van der Waals surface area contributed by atoms with Crippen molar-refractivity contribution in [1.82, 2.24) is 10.2 Å². The molecule has 0 bridgehead atoms. The van der Waals surface area contributed by atoms with Gasteiger partial charge in [-0.1, -0.05) is 24.8 Å². The Morgan fingerprint density at radius 1 is 1.10 bits per heavy atom. The van der Waals surface area contributed by atoms with E-state index in [1.807, 2.05) is 12.1 Å². The van der Waals surface area contributed by atoms with Gasteiger partial charge in [-0.3, -0.25) is 9.69 Å². The van der Waals surface area contributed by atoms with Crippen LogP contribution in [0.3, 0.4) is 0 Å². The smallest absolute Gasteiger partial charge is 0.251 e. The minimum Gasteiger partial charge on any atom is -0.497 e. The lowest BCUT2D eigenvalue weighted by atomic mass is 10.0. The Morgan fingerprint density at radius 3 is 2.31 bits per heavy atom. The summed E-state index contributed by atoms with van der Waals surface area (Å²) in [6, 6.07) is 15.5. The molecule has 1 N–H and O–H groups in total. The van der Waals surface area contributed by atoms with Gasteiger partial charge in [0.25, 0.3) is 5.91 Å². The largest absolute Gasteiger partial charge is 0.497 e. The number of methoxy groups -OCH3 is 1. The number of nitrogens with zero attached hydrogens (tertiary/aromatic N) is 1. The van der Waals surface area contributed by atoms with E-state index in [9.17, 15) is 4.79 Å². The van der Waals surface area contributed by atoms with Gasteiger partial charge < -0.3 is 14.8 Å². The molecule has 1 fully saturated rings. The van der Waals surface area contributed by atoms with Crippen LogP contribution in [0.15, 0.2) is 61.2 Å². The highest BCUT2D eigenvalue weighted by molar-refractivity contribution is 5.94. The summed E-state index contributed by atoms with van der Waals surface area (Å²) in [6.45, 7) is 6.76. The first-order chi connectivity index (χ1) is 13.7. The molecule has 6 heteroatoms. The highest BCUT2D eigenvalue weighted by Gasteiger charge is 2.24. The number of nitrogens with one attached hydrogen (secondary N) is 1. The van der Waals surface area contributed by atoms with Crippen molar-refractivity contribution in [3.05, 3.63) is 72.3 Å². The summed E-state index contributed by atoms with van der Waals surface area (Å²) in [5, 5.41) is 3.10. The maximum atomic E-state index is 12.6. The molecule has 2 aromatic carbocycles. The topological polar surface area (TPSA) is 50.8 Å². The molecule has 1 aliphatic heterocycles. The minimum absolute atomic E-state index is 0. The Bertz CT molecular complexity index is 772. The van der Waals surface area contributed by atoms with Gasteiger partial charge >= 0.3 is 0 Å². The number of halogens is 1. The van der Waals surface area contributed by atoms with E-state index in [2.05, 4.69) is 28.9 Å². The van der Waals surface area contributed by atoms with Crippen LogP contribution in [0, 0.1) is 0 Å². The summed E-state index contributed by atoms with van der Waals surface area (Å²) >= 11 is 0. The van der Waals surface area contributed by atoms with Crippen LogP contribution in [0.2, 0.25) is 0 Å². The van der Waals surface area contributed by atoms with Gasteiger partial charge in [-0.25, -0.2) is 0 Å². The molecule has 1 saturated heterocycles. The Morgan fingerprint density at radius 2 is 1.72 bits per heavy atom. The molecule has 5 nitrogen and oxygen atoms in total. The fourth-order valence-corrected chi connectivity index (χ4v) is 3.49. The molecule has 1 heterocycles. The second-order valence-electron chi connectivity index (χ2n) is 6.87. The number of likely N-dealkylation sites (tertiary alicyclic amines) is 1. The molecule has 0 aliphatic carbocycles. The Balaban J connectivity index is 0.00000300. The summed E-state index contributed by atoms with van der Waals surface area (Å²) in [7, 11) is 1.67. The first-order valence-electron chi connectivity index (χ1n) is 9.71. The minimum atomic E-state index is -0.0759. The first-order valence-corrected chi connectivity index (χ1v) is 9.71. The molecule has 0 radical (unpaired) electrons. The lowest BCUT2D eigenvalue weighted by molar-refractivity contribution is 0.0938. The number of amides is 1. The number of benzene rings is 2. The highest BCUT2D eigenvalue weighted by atomic mass is 35.5. The quantitative estimate of drug-likeness (QED) is 0.621. The van der Waals surface area contributed by atoms with Gasteiger partial charge in [0, 0.05) is 12.1 Å². The van der Waals surface area contributed by atoms with Gasteiger partial charge in [-0.05, 0) is 67.9 Å². The van der Waals surface area contributed by atoms with Crippen LogP contribution >= 0.6 is 12.4 Å². The van der Waals surface area contributed by atoms with Crippen molar-refractivity contribution in [2.75, 3.05) is 33.4 Å². The number of rotatable bonds is 9. The summed E-state index contributed by atoms with van der Waals surface area (Å²) in [5.41, 5.74) is 1.82. The molecule has 1 amide bonds. The van der Waals surface area contributed by atoms with E-state index in [0.717, 1.165) is 24.6 Å². The van der Waals surface area contributed by atoms with Crippen molar-refractivity contribution >= 4 is 18.3 Å². The molecule has 1 aliphatic rings. The molecular weight excluding hydrogens is 388 g/mol. The molecular formula is C23H29ClN2O3. The lowest BCUT2D eigenvalue weighted by Gasteiger charge is -2.28. The maximum absolute atomic E-state index is 12.6. The number of carbonyl (C=O) groups is 1. The van der Waals surface area contributed by atoms with Crippen LogP contribution in [0.25, 0.3) is 0 Å². The van der Waals surface area contributed by atoms with Crippen LogP contribution < -0.4 is 14.8 Å². The van der Waals surface area contributed by atoms with Gasteiger partial charge in [0.15, 0.2) is 0 Å². The zero-order chi connectivity index (χ0) is 19.8. The zero-order valence-corrected chi connectivity index (χ0v) is 17.6. The number of ether oxygens (including phenoxy) is 2. The highest BCUT2D eigenvalue weighted by Crippen LogP contribution is 2.26. The second-order valence-corrected chi connectivity index (χ2v) is 6.87. The average Bonchev–Trinajstić information content (AvgIpc) is 3.27. The second kappa shape index (κ2) is 11.5. The fourth-order valence-electron chi connectivity index (χ4n) is 3.49. The van der Waals surface area contributed by atoms with Gasteiger partial charge in [-0.15, -0.1) is 12.4 Å². The lowest BCUT2D eigenvalue weighted by Crippen LogP contribution is -2.36. The third-order valence-electron chi connectivity index (χ3n) is 5.02. The van der Waals surface area contributed by atoms with Gasteiger partial charge in [0.2, 0.25) is 0 Å². The van der Waals surface area contributed by atoms with Crippen LogP contribution in [0.5, 0.6) is 11.5 Å². The van der Waals surface area contributed by atoms with E-state index in [1.54, 1.807) is 37.5 Å². The SMILES string of the molecule is C=CCOc1ccc(C(=O)NCC(c2ccc(OC)cc2)N2CCCC2)cc1.Cl. The Hall–Kier alpha value is -2.50.